The van der Waals surface area contributed by atoms with Gasteiger partial charge in [-0.15, -0.1) is 0 Å². The second kappa shape index (κ2) is 4.31. The van der Waals surface area contributed by atoms with Crippen LogP contribution >= 0.6 is 15.9 Å². The van der Waals surface area contributed by atoms with Crippen molar-refractivity contribution in [3.05, 3.63) is 27.7 Å². The SMILES string of the molecule is N#Cc1cc(Br)cc([C@@H](N)C(F)(F)F)c1O. The van der Waals surface area contributed by atoms with Crippen molar-refractivity contribution < 1.29 is 18.3 Å². The third kappa shape index (κ3) is 2.46. The number of phenols is 1. The summed E-state index contributed by atoms with van der Waals surface area (Å²) >= 11 is 2.94. The van der Waals surface area contributed by atoms with E-state index in [1.165, 1.54) is 6.07 Å². The molecule has 0 amide bonds. The molecule has 0 aliphatic heterocycles. The summed E-state index contributed by atoms with van der Waals surface area (Å²) in [6.07, 6.45) is -4.68. The number of aromatic hydroxyl groups is 1. The molecular formula is C9H6BrF3N2O. The molecule has 0 saturated heterocycles. The van der Waals surface area contributed by atoms with Crippen molar-refractivity contribution >= 4 is 15.9 Å². The van der Waals surface area contributed by atoms with Gasteiger partial charge in [-0.05, 0) is 12.1 Å². The van der Waals surface area contributed by atoms with Crippen molar-refractivity contribution in [1.29, 1.82) is 5.26 Å². The Morgan fingerprint density at radius 2 is 2.00 bits per heavy atom. The average molecular weight is 295 g/mol. The Balaban J connectivity index is 3.35. The highest BCUT2D eigenvalue weighted by molar-refractivity contribution is 9.10. The molecule has 0 radical (unpaired) electrons. The zero-order valence-corrected chi connectivity index (χ0v) is 9.30. The van der Waals surface area contributed by atoms with E-state index in [1.54, 1.807) is 6.07 Å². The first-order valence-electron chi connectivity index (χ1n) is 4.02. The van der Waals surface area contributed by atoms with Crippen LogP contribution in [0.15, 0.2) is 16.6 Å². The van der Waals surface area contributed by atoms with Gasteiger partial charge >= 0.3 is 6.18 Å². The third-order valence-corrected chi connectivity index (χ3v) is 2.37. The van der Waals surface area contributed by atoms with Crippen molar-refractivity contribution in [2.45, 2.75) is 12.2 Å². The standard InChI is InChI=1S/C9H6BrF3N2O/c10-5-1-4(3-14)7(16)6(2-5)8(15)9(11,12)13/h1-2,8,16H,15H2/t8-/m1/s1. The molecule has 1 aromatic carbocycles. The van der Waals surface area contributed by atoms with E-state index >= 15 is 0 Å². The van der Waals surface area contributed by atoms with Gasteiger partial charge in [0.05, 0.1) is 5.56 Å². The Kier molecular flexibility index (Phi) is 3.45. The van der Waals surface area contributed by atoms with Crippen LogP contribution in [0.3, 0.4) is 0 Å². The Hall–Kier alpha value is -1.26. The van der Waals surface area contributed by atoms with Gasteiger partial charge < -0.3 is 10.8 Å². The molecule has 1 aromatic rings. The lowest BCUT2D eigenvalue weighted by Crippen LogP contribution is -2.28. The summed E-state index contributed by atoms with van der Waals surface area (Å²) in [4.78, 5) is 0. The van der Waals surface area contributed by atoms with Crippen LogP contribution in [0, 0.1) is 11.3 Å². The number of rotatable bonds is 1. The van der Waals surface area contributed by atoms with Gasteiger partial charge in [0, 0.05) is 10.0 Å². The van der Waals surface area contributed by atoms with Gasteiger partial charge in [0.1, 0.15) is 17.9 Å². The van der Waals surface area contributed by atoms with Crippen molar-refractivity contribution in [3.63, 3.8) is 0 Å². The van der Waals surface area contributed by atoms with Crippen LogP contribution in [0.1, 0.15) is 17.2 Å². The number of hydrogen-bond acceptors (Lipinski definition) is 3. The number of nitrogens with zero attached hydrogens (tertiary/aromatic N) is 1. The monoisotopic (exact) mass is 294 g/mol. The maximum Gasteiger partial charge on any atom is 0.407 e. The molecule has 1 atom stereocenters. The van der Waals surface area contributed by atoms with Crippen LogP contribution < -0.4 is 5.73 Å². The highest BCUT2D eigenvalue weighted by atomic mass is 79.9. The first kappa shape index (κ1) is 12.8. The zero-order chi connectivity index (χ0) is 12.5. The summed E-state index contributed by atoms with van der Waals surface area (Å²) in [6, 6.07) is 1.50. The maximum atomic E-state index is 12.3. The van der Waals surface area contributed by atoms with Gasteiger partial charge in [-0.3, -0.25) is 0 Å². The van der Waals surface area contributed by atoms with Crippen LogP contribution in [-0.2, 0) is 0 Å². The van der Waals surface area contributed by atoms with E-state index in [4.69, 9.17) is 11.0 Å². The van der Waals surface area contributed by atoms with E-state index in [9.17, 15) is 18.3 Å². The molecule has 0 bridgehead atoms. The Labute approximate surface area is 97.4 Å². The molecule has 16 heavy (non-hydrogen) atoms. The van der Waals surface area contributed by atoms with E-state index < -0.39 is 23.5 Å². The minimum atomic E-state index is -4.68. The average Bonchev–Trinajstić information content (AvgIpc) is 2.18. The molecule has 0 spiro atoms. The summed E-state index contributed by atoms with van der Waals surface area (Å²) in [7, 11) is 0. The van der Waals surface area contributed by atoms with Crippen LogP contribution in [0.4, 0.5) is 13.2 Å². The normalized spacial score (nSPS) is 13.2. The predicted octanol–water partition coefficient (Wildman–Crippen LogP) is 2.59. The summed E-state index contributed by atoms with van der Waals surface area (Å²) < 4.78 is 37.3. The van der Waals surface area contributed by atoms with E-state index in [2.05, 4.69) is 15.9 Å². The molecule has 1 rings (SSSR count). The fourth-order valence-corrected chi connectivity index (χ4v) is 1.59. The number of nitrogens with two attached hydrogens (primary N) is 1. The van der Waals surface area contributed by atoms with Crippen LogP contribution in [0.2, 0.25) is 0 Å². The fraction of sp³-hybridized carbons (Fsp3) is 0.222. The van der Waals surface area contributed by atoms with Crippen molar-refractivity contribution in [2.24, 2.45) is 5.73 Å². The molecule has 0 aliphatic rings. The van der Waals surface area contributed by atoms with E-state index in [0.29, 0.717) is 0 Å². The maximum absolute atomic E-state index is 12.3. The van der Waals surface area contributed by atoms with Gasteiger partial charge in [0.2, 0.25) is 0 Å². The highest BCUT2D eigenvalue weighted by Gasteiger charge is 2.39. The van der Waals surface area contributed by atoms with Crippen molar-refractivity contribution in [1.82, 2.24) is 0 Å². The smallest absolute Gasteiger partial charge is 0.407 e. The Morgan fingerprint density at radius 3 is 2.44 bits per heavy atom. The zero-order valence-electron chi connectivity index (χ0n) is 7.72. The molecule has 86 valence electrons. The number of nitriles is 1. The number of halogens is 4. The largest absolute Gasteiger partial charge is 0.506 e. The molecule has 0 aliphatic carbocycles. The van der Waals surface area contributed by atoms with Crippen molar-refractivity contribution in [2.75, 3.05) is 0 Å². The van der Waals surface area contributed by atoms with E-state index in [0.717, 1.165) is 6.07 Å². The first-order valence-corrected chi connectivity index (χ1v) is 4.81. The third-order valence-electron chi connectivity index (χ3n) is 1.91. The summed E-state index contributed by atoms with van der Waals surface area (Å²) in [5.74, 6) is -0.740. The number of phenolic OH excluding ortho intramolecular Hbond substituents is 1. The van der Waals surface area contributed by atoms with Gasteiger partial charge in [0.25, 0.3) is 0 Å². The molecule has 3 N–H and O–H groups in total. The summed E-state index contributed by atoms with van der Waals surface area (Å²) in [5.41, 5.74) is 4.16. The molecule has 0 unspecified atom stereocenters. The van der Waals surface area contributed by atoms with Crippen LogP contribution in [0.25, 0.3) is 0 Å². The molecule has 0 fully saturated rings. The Bertz CT molecular complexity index is 453. The minimum absolute atomic E-state index is 0.247. The number of hydrogen-bond donors (Lipinski definition) is 2. The fourth-order valence-electron chi connectivity index (χ4n) is 1.12. The van der Waals surface area contributed by atoms with Crippen molar-refractivity contribution in [3.8, 4) is 11.8 Å². The lowest BCUT2D eigenvalue weighted by atomic mass is 10.0. The van der Waals surface area contributed by atoms with Gasteiger partial charge in [-0.1, -0.05) is 15.9 Å². The Morgan fingerprint density at radius 1 is 1.44 bits per heavy atom. The summed E-state index contributed by atoms with van der Waals surface area (Å²) in [6.45, 7) is 0. The lowest BCUT2D eigenvalue weighted by Gasteiger charge is -2.17. The van der Waals surface area contributed by atoms with Gasteiger partial charge in [0.15, 0.2) is 0 Å². The van der Waals surface area contributed by atoms with Crippen LogP contribution in [-0.4, -0.2) is 11.3 Å². The molecule has 7 heteroatoms. The van der Waals surface area contributed by atoms with Gasteiger partial charge in [-0.25, -0.2) is 0 Å². The quantitative estimate of drug-likeness (QED) is 0.836. The number of benzene rings is 1. The highest BCUT2D eigenvalue weighted by Crippen LogP contribution is 2.38. The predicted molar refractivity (Wildman–Crippen MR) is 53.5 cm³/mol. The first-order chi connectivity index (χ1) is 7.27. The van der Waals surface area contributed by atoms with E-state index in [1.807, 2.05) is 0 Å². The number of alkyl halides is 3. The minimum Gasteiger partial charge on any atom is -0.506 e. The molecular weight excluding hydrogens is 289 g/mol. The molecule has 0 aromatic heterocycles. The second-order valence-electron chi connectivity index (χ2n) is 3.02. The topological polar surface area (TPSA) is 70.0 Å². The molecule has 0 heterocycles. The summed E-state index contributed by atoms with van der Waals surface area (Å²) in [5, 5.41) is 18.0. The van der Waals surface area contributed by atoms with Gasteiger partial charge in [-0.2, -0.15) is 18.4 Å². The van der Waals surface area contributed by atoms with Crippen LogP contribution in [0.5, 0.6) is 5.75 Å². The lowest BCUT2D eigenvalue weighted by molar-refractivity contribution is -0.149. The second-order valence-corrected chi connectivity index (χ2v) is 3.94. The molecule has 0 saturated carbocycles. The van der Waals surface area contributed by atoms with E-state index in [-0.39, 0.29) is 10.0 Å². The molecule has 3 nitrogen and oxygen atoms in total.